The lowest BCUT2D eigenvalue weighted by atomic mass is 10.1. The zero-order valence-electron chi connectivity index (χ0n) is 8.39. The largest absolute Gasteiger partial charge is 0.293 e. The lowest BCUT2D eigenvalue weighted by Gasteiger charge is -2.00. The van der Waals surface area contributed by atoms with Crippen molar-refractivity contribution in [2.75, 3.05) is 0 Å². The van der Waals surface area contributed by atoms with Crippen LogP contribution in [0.2, 0.25) is 0 Å². The standard InChI is InChI=1S/C9H16N2O2/c1-4-6-9(13)8(5-2)11-10-7(3)12/h4-6H2,1-3H3,(H,10,12)/b11-8-. The fourth-order valence-electron chi connectivity index (χ4n) is 0.856. The number of amides is 1. The van der Waals surface area contributed by atoms with Crippen molar-refractivity contribution < 1.29 is 9.59 Å². The van der Waals surface area contributed by atoms with Gasteiger partial charge in [-0.05, 0) is 12.8 Å². The van der Waals surface area contributed by atoms with E-state index in [-0.39, 0.29) is 11.7 Å². The van der Waals surface area contributed by atoms with Crippen molar-refractivity contribution in [1.29, 1.82) is 0 Å². The summed E-state index contributed by atoms with van der Waals surface area (Å²) in [5.41, 5.74) is 2.71. The molecule has 0 aliphatic heterocycles. The Kier molecular flexibility index (Phi) is 5.76. The molecule has 13 heavy (non-hydrogen) atoms. The van der Waals surface area contributed by atoms with E-state index in [0.717, 1.165) is 6.42 Å². The molecule has 0 spiro atoms. The number of Topliss-reactive ketones (excluding diaryl/α,β-unsaturated/α-hetero) is 1. The van der Waals surface area contributed by atoms with Gasteiger partial charge in [-0.25, -0.2) is 5.43 Å². The topological polar surface area (TPSA) is 58.5 Å². The van der Waals surface area contributed by atoms with Crippen molar-refractivity contribution in [2.24, 2.45) is 5.10 Å². The van der Waals surface area contributed by atoms with Crippen molar-refractivity contribution in [2.45, 2.75) is 40.0 Å². The number of hydrogen-bond donors (Lipinski definition) is 1. The number of carbonyl (C=O) groups excluding carboxylic acids is 2. The van der Waals surface area contributed by atoms with Gasteiger partial charge in [-0.2, -0.15) is 5.10 Å². The lowest BCUT2D eigenvalue weighted by Crippen LogP contribution is -2.20. The molecule has 0 rings (SSSR count). The molecule has 0 aliphatic carbocycles. The molecule has 0 saturated carbocycles. The summed E-state index contributed by atoms with van der Waals surface area (Å²) < 4.78 is 0. The average molecular weight is 184 g/mol. The Morgan fingerprint density at radius 3 is 2.31 bits per heavy atom. The Balaban J connectivity index is 4.22. The van der Waals surface area contributed by atoms with Gasteiger partial charge >= 0.3 is 0 Å². The first-order valence-corrected chi connectivity index (χ1v) is 4.48. The first-order valence-electron chi connectivity index (χ1n) is 4.48. The molecule has 0 aromatic carbocycles. The fourth-order valence-corrected chi connectivity index (χ4v) is 0.856. The fraction of sp³-hybridized carbons (Fsp3) is 0.667. The van der Waals surface area contributed by atoms with Crippen molar-refractivity contribution >= 4 is 17.4 Å². The highest BCUT2D eigenvalue weighted by molar-refractivity contribution is 6.39. The van der Waals surface area contributed by atoms with Gasteiger partial charge in [0, 0.05) is 13.3 Å². The van der Waals surface area contributed by atoms with Crippen LogP contribution >= 0.6 is 0 Å². The van der Waals surface area contributed by atoms with E-state index in [9.17, 15) is 9.59 Å². The van der Waals surface area contributed by atoms with E-state index in [1.165, 1.54) is 6.92 Å². The Morgan fingerprint density at radius 2 is 1.92 bits per heavy atom. The molecule has 0 aromatic heterocycles. The number of hydrazone groups is 1. The molecule has 0 radical (unpaired) electrons. The Bertz CT molecular complexity index is 222. The number of nitrogens with zero attached hydrogens (tertiary/aromatic N) is 1. The normalized spacial score (nSPS) is 11.2. The van der Waals surface area contributed by atoms with Crippen LogP contribution < -0.4 is 5.43 Å². The second-order valence-corrected chi connectivity index (χ2v) is 2.75. The molecular formula is C9H16N2O2. The van der Waals surface area contributed by atoms with Crippen molar-refractivity contribution in [3.05, 3.63) is 0 Å². The minimum atomic E-state index is -0.254. The third-order valence-corrected chi connectivity index (χ3v) is 1.48. The summed E-state index contributed by atoms with van der Waals surface area (Å²) >= 11 is 0. The van der Waals surface area contributed by atoms with E-state index in [1.807, 2.05) is 13.8 Å². The van der Waals surface area contributed by atoms with E-state index in [4.69, 9.17) is 0 Å². The zero-order valence-corrected chi connectivity index (χ0v) is 8.39. The summed E-state index contributed by atoms with van der Waals surface area (Å²) in [5, 5.41) is 3.73. The van der Waals surface area contributed by atoms with Gasteiger partial charge in [-0.1, -0.05) is 13.8 Å². The highest BCUT2D eigenvalue weighted by Crippen LogP contribution is 1.95. The van der Waals surface area contributed by atoms with Crippen LogP contribution in [0.15, 0.2) is 5.10 Å². The third-order valence-electron chi connectivity index (χ3n) is 1.48. The highest BCUT2D eigenvalue weighted by Gasteiger charge is 2.07. The number of rotatable bonds is 5. The minimum Gasteiger partial charge on any atom is -0.293 e. The van der Waals surface area contributed by atoms with Crippen LogP contribution in [0.25, 0.3) is 0 Å². The molecule has 0 atom stereocenters. The van der Waals surface area contributed by atoms with Crippen molar-refractivity contribution in [3.63, 3.8) is 0 Å². The Morgan fingerprint density at radius 1 is 1.31 bits per heavy atom. The van der Waals surface area contributed by atoms with Crippen LogP contribution in [0.1, 0.15) is 40.0 Å². The first kappa shape index (κ1) is 11.8. The van der Waals surface area contributed by atoms with Crippen LogP contribution in [0.5, 0.6) is 0 Å². The quantitative estimate of drug-likeness (QED) is 0.516. The molecule has 0 fully saturated rings. The number of hydrogen-bond acceptors (Lipinski definition) is 3. The maximum absolute atomic E-state index is 11.3. The van der Waals surface area contributed by atoms with Crippen LogP contribution in [0, 0.1) is 0 Å². The summed E-state index contributed by atoms with van der Waals surface area (Å²) in [5.74, 6) is -0.242. The van der Waals surface area contributed by atoms with Crippen LogP contribution in [0.3, 0.4) is 0 Å². The van der Waals surface area contributed by atoms with Crippen LogP contribution in [-0.4, -0.2) is 17.4 Å². The molecule has 0 aromatic rings. The van der Waals surface area contributed by atoms with Gasteiger partial charge < -0.3 is 0 Å². The molecule has 74 valence electrons. The SMILES string of the molecule is CCCC(=O)/C(CC)=N\NC(C)=O. The highest BCUT2D eigenvalue weighted by atomic mass is 16.2. The molecule has 4 heteroatoms. The number of nitrogens with one attached hydrogen (secondary N) is 1. The molecule has 0 aliphatic rings. The molecule has 1 amide bonds. The minimum absolute atomic E-state index is 0.0127. The molecule has 0 bridgehead atoms. The van der Waals surface area contributed by atoms with E-state index >= 15 is 0 Å². The van der Waals surface area contributed by atoms with E-state index in [0.29, 0.717) is 18.6 Å². The van der Waals surface area contributed by atoms with Crippen LogP contribution in [0.4, 0.5) is 0 Å². The van der Waals surface area contributed by atoms with Gasteiger partial charge in [0.15, 0.2) is 5.78 Å². The van der Waals surface area contributed by atoms with Gasteiger partial charge in [-0.15, -0.1) is 0 Å². The second kappa shape index (κ2) is 6.34. The molecule has 0 unspecified atom stereocenters. The monoisotopic (exact) mass is 184 g/mol. The maximum Gasteiger partial charge on any atom is 0.236 e. The molecule has 0 heterocycles. The van der Waals surface area contributed by atoms with Crippen LogP contribution in [-0.2, 0) is 9.59 Å². The average Bonchev–Trinajstić information content (AvgIpc) is 2.05. The Hall–Kier alpha value is -1.19. The molecule has 0 saturated heterocycles. The predicted octanol–water partition coefficient (Wildman–Crippen LogP) is 1.26. The Labute approximate surface area is 78.4 Å². The smallest absolute Gasteiger partial charge is 0.236 e. The van der Waals surface area contributed by atoms with Gasteiger partial charge in [0.1, 0.15) is 5.71 Å². The van der Waals surface area contributed by atoms with E-state index in [2.05, 4.69) is 10.5 Å². The number of carbonyl (C=O) groups is 2. The summed E-state index contributed by atoms with van der Waals surface area (Å²) in [6.07, 6.45) is 1.85. The van der Waals surface area contributed by atoms with E-state index < -0.39 is 0 Å². The van der Waals surface area contributed by atoms with Crippen molar-refractivity contribution in [1.82, 2.24) is 5.43 Å². The second-order valence-electron chi connectivity index (χ2n) is 2.75. The van der Waals surface area contributed by atoms with E-state index in [1.54, 1.807) is 0 Å². The molecule has 1 N–H and O–H groups in total. The maximum atomic E-state index is 11.3. The van der Waals surface area contributed by atoms with Gasteiger partial charge in [0.05, 0.1) is 0 Å². The van der Waals surface area contributed by atoms with Gasteiger partial charge in [-0.3, -0.25) is 9.59 Å². The summed E-state index contributed by atoms with van der Waals surface area (Å²) in [4.78, 5) is 21.8. The van der Waals surface area contributed by atoms with Gasteiger partial charge in [0.2, 0.25) is 5.91 Å². The number of ketones is 1. The predicted molar refractivity (Wildman–Crippen MR) is 51.5 cm³/mol. The molecular weight excluding hydrogens is 168 g/mol. The molecule has 4 nitrogen and oxygen atoms in total. The summed E-state index contributed by atoms with van der Waals surface area (Å²) in [6.45, 7) is 5.14. The van der Waals surface area contributed by atoms with Crippen molar-refractivity contribution in [3.8, 4) is 0 Å². The summed E-state index contributed by atoms with van der Waals surface area (Å²) in [7, 11) is 0. The van der Waals surface area contributed by atoms with Gasteiger partial charge in [0.25, 0.3) is 0 Å². The lowest BCUT2D eigenvalue weighted by molar-refractivity contribution is -0.118. The third kappa shape index (κ3) is 5.11. The summed E-state index contributed by atoms with van der Waals surface area (Å²) in [6, 6.07) is 0. The first-order chi connectivity index (χ1) is 6.11. The zero-order chi connectivity index (χ0) is 10.3.